The lowest BCUT2D eigenvalue weighted by atomic mass is 9.80. The van der Waals surface area contributed by atoms with Crippen molar-refractivity contribution in [2.45, 2.75) is 76.5 Å². The fourth-order valence-corrected chi connectivity index (χ4v) is 9.06. The first-order valence-electron chi connectivity index (χ1n) is 21.0. The quantitative estimate of drug-likeness (QED) is 0.0335. The Balaban J connectivity index is 1.32. The van der Waals surface area contributed by atoms with E-state index >= 15 is 0 Å². The zero-order chi connectivity index (χ0) is 45.5. The molecule has 4 aromatic carbocycles. The summed E-state index contributed by atoms with van der Waals surface area (Å²) >= 11 is 0. The lowest BCUT2D eigenvalue weighted by molar-refractivity contribution is -0.118. The Morgan fingerprint density at radius 3 is 2.05 bits per heavy atom. The summed E-state index contributed by atoms with van der Waals surface area (Å²) in [6, 6.07) is 36.7. The largest absolute Gasteiger partial charge is 0.497 e. The third kappa shape index (κ3) is 12.1. The molecule has 5 aromatic rings. The third-order valence-electron chi connectivity index (χ3n) is 10.3. The number of aromatic amines is 1. The van der Waals surface area contributed by atoms with Crippen molar-refractivity contribution in [3.05, 3.63) is 148 Å². The maximum absolute atomic E-state index is 13.2. The van der Waals surface area contributed by atoms with Crippen molar-refractivity contribution in [1.82, 2.24) is 14.6 Å². The van der Waals surface area contributed by atoms with Crippen LogP contribution >= 0.6 is 8.53 Å². The van der Waals surface area contributed by atoms with Crippen molar-refractivity contribution in [3.63, 3.8) is 0 Å². The average Bonchev–Trinajstić information content (AvgIpc) is 3.69. The molecule has 2 heterocycles. The predicted molar refractivity (Wildman–Crippen MR) is 244 cm³/mol. The Morgan fingerprint density at radius 2 is 1.48 bits per heavy atom. The van der Waals surface area contributed by atoms with Crippen LogP contribution in [0.4, 0.5) is 5.95 Å². The van der Waals surface area contributed by atoms with Gasteiger partial charge in [-0.05, 0) is 80.8 Å². The average molecular weight is 888 g/mol. The molecule has 1 saturated heterocycles. The van der Waals surface area contributed by atoms with E-state index in [0.29, 0.717) is 23.7 Å². The van der Waals surface area contributed by atoms with E-state index in [2.05, 4.69) is 65.6 Å². The highest BCUT2D eigenvalue weighted by atomic mass is 31.2. The summed E-state index contributed by atoms with van der Waals surface area (Å²) in [7, 11) is 1.58. The van der Waals surface area contributed by atoms with Crippen LogP contribution in [0.25, 0.3) is 0 Å². The number of rotatable bonds is 20. The van der Waals surface area contributed by atoms with Crippen LogP contribution in [0.5, 0.6) is 17.2 Å². The second-order valence-corrected chi connectivity index (χ2v) is 16.7. The van der Waals surface area contributed by atoms with Gasteiger partial charge in [-0.1, -0.05) is 84.6 Å². The van der Waals surface area contributed by atoms with Crippen LogP contribution in [0.3, 0.4) is 0 Å². The maximum atomic E-state index is 13.2. The molecule has 1 fully saturated rings. The molecular weight excluding hydrogens is 834 g/mol. The van der Waals surface area contributed by atoms with Crippen molar-refractivity contribution in [2.24, 2.45) is 0 Å². The van der Waals surface area contributed by atoms with Gasteiger partial charge in [-0.2, -0.15) is 5.26 Å². The molecule has 6 rings (SSSR count). The highest BCUT2D eigenvalue weighted by Gasteiger charge is 2.44. The topological polar surface area (TPSA) is 166 Å². The smallest absolute Gasteiger partial charge is 0.268 e. The van der Waals surface area contributed by atoms with Gasteiger partial charge >= 0.3 is 0 Å². The first kappa shape index (κ1) is 47.4. The number of nitrogens with one attached hydrogen (secondary N) is 2. The van der Waals surface area contributed by atoms with Crippen LogP contribution in [-0.4, -0.2) is 85.0 Å². The summed E-state index contributed by atoms with van der Waals surface area (Å²) in [6.07, 6.45) is -0.133. The van der Waals surface area contributed by atoms with Crippen molar-refractivity contribution in [2.75, 3.05) is 39.4 Å². The summed E-state index contributed by atoms with van der Waals surface area (Å²) in [5.41, 5.74) is 0.961. The molecule has 0 aliphatic carbocycles. The number of hydrogen-bond acceptors (Lipinski definition) is 12. The van der Waals surface area contributed by atoms with Gasteiger partial charge < -0.3 is 32.7 Å². The maximum Gasteiger partial charge on any atom is 0.268 e. The summed E-state index contributed by atoms with van der Waals surface area (Å²) in [5, 5.41) is 11.9. The number of hydrogen-bond donors (Lipinski definition) is 2. The second-order valence-electron chi connectivity index (χ2n) is 15.3. The molecule has 334 valence electrons. The lowest BCUT2D eigenvalue weighted by Crippen LogP contribution is -2.39. The zero-order valence-corrected chi connectivity index (χ0v) is 37.7. The van der Waals surface area contributed by atoms with Gasteiger partial charge in [0, 0.05) is 18.5 Å². The van der Waals surface area contributed by atoms with Crippen LogP contribution < -0.4 is 25.1 Å². The summed E-state index contributed by atoms with van der Waals surface area (Å²) < 4.78 is 45.9. The van der Waals surface area contributed by atoms with Gasteiger partial charge in [0.05, 0.1) is 52.2 Å². The minimum absolute atomic E-state index is 0.0414. The van der Waals surface area contributed by atoms with E-state index in [-0.39, 0.29) is 49.8 Å². The Labute approximate surface area is 375 Å². The molecule has 1 aliphatic rings. The van der Waals surface area contributed by atoms with Crippen LogP contribution in [0.15, 0.2) is 120 Å². The summed E-state index contributed by atoms with van der Waals surface area (Å²) in [5.74, 6) is 7.45. The number of ether oxygens (including phenoxy) is 5. The third-order valence-corrected chi connectivity index (χ3v) is 12.4. The molecule has 14 nitrogen and oxygen atoms in total. The molecule has 2 N–H and O–H groups in total. The molecule has 0 bridgehead atoms. The van der Waals surface area contributed by atoms with E-state index < -0.39 is 43.9 Å². The monoisotopic (exact) mass is 887 g/mol. The van der Waals surface area contributed by atoms with E-state index in [9.17, 15) is 14.9 Å². The number of para-hydroxylation sites is 1. The molecule has 1 amide bonds. The second kappa shape index (κ2) is 23.0. The van der Waals surface area contributed by atoms with Gasteiger partial charge in [0.1, 0.15) is 40.6 Å². The van der Waals surface area contributed by atoms with Crippen molar-refractivity contribution < 1.29 is 37.5 Å². The number of carbonyl (C=O) groups excluding carboxylic acids is 1. The van der Waals surface area contributed by atoms with Crippen LogP contribution in [0.2, 0.25) is 0 Å². The van der Waals surface area contributed by atoms with E-state index in [1.165, 1.54) is 6.20 Å². The van der Waals surface area contributed by atoms with E-state index in [4.69, 9.17) is 32.7 Å². The molecule has 15 heteroatoms. The number of aromatic nitrogens is 2. The van der Waals surface area contributed by atoms with Crippen LogP contribution in [0.1, 0.15) is 62.8 Å². The molecule has 1 unspecified atom stereocenters. The molecule has 0 radical (unpaired) electrons. The first-order chi connectivity index (χ1) is 31.0. The van der Waals surface area contributed by atoms with E-state index in [0.717, 1.165) is 16.7 Å². The lowest BCUT2D eigenvalue weighted by Gasteiger charge is -2.39. The number of anilines is 1. The Kier molecular flexibility index (Phi) is 17.0. The molecule has 0 saturated carbocycles. The van der Waals surface area contributed by atoms with Gasteiger partial charge in [-0.15, -0.1) is 0 Å². The Morgan fingerprint density at radius 1 is 0.891 bits per heavy atom. The Hall–Kier alpha value is -6.09. The fraction of sp³-hybridized carbons (Fsp3) is 0.347. The van der Waals surface area contributed by atoms with Crippen LogP contribution in [0, 0.1) is 23.2 Å². The number of benzene rings is 4. The van der Waals surface area contributed by atoms with E-state index in [1.807, 2.05) is 84.9 Å². The SMILES string of the molecule is COc1ccc(C(OC[C@H]2O[C@@H](C#Cc3cnc(NC(=O)COc4ccccc4)[nH]c3=O)C[C@@H]2OP(OCCC#N)N(C(C)C)C(C)C)(c2ccccc2)c2ccc(OC)cc2)cc1. The van der Waals surface area contributed by atoms with E-state index in [1.54, 1.807) is 38.5 Å². The van der Waals surface area contributed by atoms with Gasteiger partial charge in [0.15, 0.2) is 6.61 Å². The van der Waals surface area contributed by atoms with Crippen molar-refractivity contribution in [3.8, 4) is 35.2 Å². The molecule has 4 atom stereocenters. The standard InChI is InChI=1S/C49H54N5O9P/c1-34(2)54(35(3)4)64(61-29-13-28-50)63-44-30-43(23-18-36-31-51-48(53-47(36)56)52-46(55)33-59-42-16-11-8-12-17-42)62-45(44)32-60-49(37-14-9-7-10-15-37,38-19-24-40(57-5)25-20-38)39-21-26-41(58-6)27-22-39/h7-12,14-17,19-22,24-27,31,34-35,43-45H,13,29-30,32-33H2,1-6H3,(H2,51,52,53,55,56)/t43-,44-,45+,64?/m0/s1. The van der Waals surface area contributed by atoms with Crippen molar-refractivity contribution in [1.29, 1.82) is 5.26 Å². The van der Waals surface area contributed by atoms with Gasteiger partial charge in [-0.3, -0.25) is 19.9 Å². The van der Waals surface area contributed by atoms with Crippen molar-refractivity contribution >= 4 is 20.4 Å². The molecule has 0 spiro atoms. The molecule has 1 aliphatic heterocycles. The number of methoxy groups -OCH3 is 2. The zero-order valence-electron chi connectivity index (χ0n) is 36.9. The first-order valence-corrected chi connectivity index (χ1v) is 22.1. The normalized spacial score (nSPS) is 16.5. The highest BCUT2D eigenvalue weighted by Crippen LogP contribution is 2.50. The minimum atomic E-state index is -1.68. The number of H-pyrrole nitrogens is 1. The van der Waals surface area contributed by atoms with Gasteiger partial charge in [0.2, 0.25) is 5.95 Å². The summed E-state index contributed by atoms with van der Waals surface area (Å²) in [6.45, 7) is 8.26. The fourth-order valence-electron chi connectivity index (χ4n) is 7.30. The summed E-state index contributed by atoms with van der Waals surface area (Å²) in [4.78, 5) is 32.5. The number of carbonyl (C=O) groups is 1. The van der Waals surface area contributed by atoms with Gasteiger partial charge in [0.25, 0.3) is 20.0 Å². The minimum Gasteiger partial charge on any atom is -0.497 e. The van der Waals surface area contributed by atoms with Crippen LogP contribution in [-0.2, 0) is 28.9 Å². The highest BCUT2D eigenvalue weighted by molar-refractivity contribution is 7.44. The Bertz CT molecular complexity index is 2360. The van der Waals surface area contributed by atoms with Gasteiger partial charge in [-0.25, -0.2) is 9.65 Å². The number of amides is 1. The predicted octanol–water partition coefficient (Wildman–Crippen LogP) is 7.98. The molecule has 1 aromatic heterocycles. The number of nitriles is 1. The number of nitrogens with zero attached hydrogens (tertiary/aromatic N) is 3. The molecule has 64 heavy (non-hydrogen) atoms. The molecular formula is C49H54N5O9P.